The van der Waals surface area contributed by atoms with E-state index in [1.807, 2.05) is 17.4 Å². The molecule has 1 aliphatic heterocycles. The van der Waals surface area contributed by atoms with Crippen LogP contribution in [0.3, 0.4) is 0 Å². The molecule has 2 N–H and O–H groups in total. The lowest BCUT2D eigenvalue weighted by molar-refractivity contribution is 0.0698. The van der Waals surface area contributed by atoms with Gasteiger partial charge in [0.15, 0.2) is 5.65 Å². The van der Waals surface area contributed by atoms with Crippen molar-refractivity contribution in [2.24, 2.45) is 5.41 Å². The van der Waals surface area contributed by atoms with E-state index >= 15 is 0 Å². The molecule has 1 saturated carbocycles. The van der Waals surface area contributed by atoms with Crippen LogP contribution in [0.5, 0.6) is 0 Å². The van der Waals surface area contributed by atoms with Crippen LogP contribution in [-0.2, 0) is 0 Å². The van der Waals surface area contributed by atoms with E-state index in [2.05, 4.69) is 39.5 Å². The fourth-order valence-corrected chi connectivity index (χ4v) is 5.38. The molecule has 33 heavy (non-hydrogen) atoms. The Morgan fingerprint density at radius 2 is 2.00 bits per heavy atom. The smallest absolute Gasteiger partial charge is 0.337 e. The van der Waals surface area contributed by atoms with Crippen molar-refractivity contribution in [3.8, 4) is 0 Å². The van der Waals surface area contributed by atoms with Gasteiger partial charge in [0.1, 0.15) is 6.33 Å². The third-order valence-corrected chi connectivity index (χ3v) is 7.25. The number of carboxylic acid groups (broad SMARTS) is 1. The van der Waals surface area contributed by atoms with Crippen LogP contribution in [0.1, 0.15) is 53.7 Å². The Balaban J connectivity index is 1.45. The largest absolute Gasteiger partial charge is 0.478 e. The molecule has 8 nitrogen and oxygen atoms in total. The molecule has 1 saturated heterocycles. The molecule has 0 amide bonds. The van der Waals surface area contributed by atoms with E-state index < -0.39 is 5.97 Å². The number of carbonyl (C=O) groups is 1. The quantitative estimate of drug-likeness (QED) is 0.471. The number of nitrogens with one attached hydrogen (secondary N) is 1. The lowest BCUT2D eigenvalue weighted by Gasteiger charge is -2.56. The zero-order chi connectivity index (χ0) is 22.7. The SMILES string of the molecule is Cc1cc([C@@H](C)Nc2ccccc2C(=O)O)c2nc(N3CC4(CCC4)C3)n3cnnc3c2c1. The van der Waals surface area contributed by atoms with Gasteiger partial charge in [0, 0.05) is 35.1 Å². The van der Waals surface area contributed by atoms with Crippen LogP contribution in [-0.4, -0.2) is 43.7 Å². The van der Waals surface area contributed by atoms with Gasteiger partial charge in [0.25, 0.3) is 0 Å². The fraction of sp³-hybridized carbons (Fsp3) is 0.360. The number of nitrogens with zero attached hydrogens (tertiary/aromatic N) is 5. The number of carboxylic acids is 1. The molecule has 0 unspecified atom stereocenters. The van der Waals surface area contributed by atoms with E-state index in [1.165, 1.54) is 19.3 Å². The van der Waals surface area contributed by atoms with Gasteiger partial charge in [-0.2, -0.15) is 0 Å². The minimum atomic E-state index is -0.951. The number of anilines is 2. The first-order chi connectivity index (χ1) is 15.9. The number of aryl methyl sites for hydroxylation is 1. The van der Waals surface area contributed by atoms with Gasteiger partial charge in [-0.05, 0) is 50.5 Å². The van der Waals surface area contributed by atoms with Crippen molar-refractivity contribution in [2.75, 3.05) is 23.3 Å². The van der Waals surface area contributed by atoms with Crippen LogP contribution in [0.4, 0.5) is 11.6 Å². The third kappa shape index (κ3) is 3.12. The monoisotopic (exact) mass is 442 g/mol. The summed E-state index contributed by atoms with van der Waals surface area (Å²) in [5.41, 5.74) is 5.09. The van der Waals surface area contributed by atoms with E-state index in [4.69, 9.17) is 4.98 Å². The number of benzene rings is 2. The predicted molar refractivity (Wildman–Crippen MR) is 127 cm³/mol. The van der Waals surface area contributed by atoms with Crippen LogP contribution in [0.15, 0.2) is 42.7 Å². The van der Waals surface area contributed by atoms with Gasteiger partial charge in [0.2, 0.25) is 5.95 Å². The van der Waals surface area contributed by atoms with Crippen molar-refractivity contribution >= 4 is 34.2 Å². The minimum absolute atomic E-state index is 0.159. The Labute approximate surface area is 191 Å². The molecule has 3 heterocycles. The number of fused-ring (bicyclic) bond motifs is 3. The summed E-state index contributed by atoms with van der Waals surface area (Å²) in [5, 5.41) is 22.6. The molecule has 2 aromatic carbocycles. The second kappa shape index (κ2) is 7.16. The summed E-state index contributed by atoms with van der Waals surface area (Å²) < 4.78 is 1.99. The maximum Gasteiger partial charge on any atom is 0.337 e. The van der Waals surface area contributed by atoms with Crippen molar-refractivity contribution in [1.29, 1.82) is 0 Å². The Kier molecular flexibility index (Phi) is 4.33. The summed E-state index contributed by atoms with van der Waals surface area (Å²) in [5.74, 6) is -0.0732. The number of aromatic nitrogens is 4. The van der Waals surface area contributed by atoms with E-state index in [9.17, 15) is 9.90 Å². The van der Waals surface area contributed by atoms with Gasteiger partial charge in [-0.1, -0.05) is 24.6 Å². The first kappa shape index (κ1) is 20.0. The molecule has 6 rings (SSSR count). The topological polar surface area (TPSA) is 95.6 Å². The van der Waals surface area contributed by atoms with Gasteiger partial charge in [-0.15, -0.1) is 10.2 Å². The summed E-state index contributed by atoms with van der Waals surface area (Å²) in [7, 11) is 0. The zero-order valence-electron chi connectivity index (χ0n) is 18.7. The van der Waals surface area contributed by atoms with Gasteiger partial charge < -0.3 is 15.3 Å². The number of rotatable bonds is 5. The van der Waals surface area contributed by atoms with Crippen LogP contribution in [0.25, 0.3) is 16.6 Å². The number of hydrogen-bond acceptors (Lipinski definition) is 6. The van der Waals surface area contributed by atoms with Crippen molar-refractivity contribution in [3.05, 3.63) is 59.4 Å². The Hall–Kier alpha value is -3.68. The summed E-state index contributed by atoms with van der Waals surface area (Å²) in [6.45, 7) is 6.14. The molecule has 1 spiro atoms. The van der Waals surface area contributed by atoms with Gasteiger partial charge in [0.05, 0.1) is 17.1 Å². The van der Waals surface area contributed by atoms with Crippen LogP contribution >= 0.6 is 0 Å². The van der Waals surface area contributed by atoms with Gasteiger partial charge in [-0.25, -0.2) is 9.78 Å². The van der Waals surface area contributed by atoms with Crippen LogP contribution < -0.4 is 10.2 Å². The van der Waals surface area contributed by atoms with E-state index in [0.29, 0.717) is 11.1 Å². The second-order valence-corrected chi connectivity index (χ2v) is 9.61. The molecule has 1 atom stereocenters. The van der Waals surface area contributed by atoms with E-state index in [1.54, 1.807) is 24.5 Å². The molecule has 0 radical (unpaired) electrons. The molecule has 2 aliphatic rings. The molecule has 168 valence electrons. The Morgan fingerprint density at radius 1 is 1.21 bits per heavy atom. The van der Waals surface area contributed by atoms with Crippen molar-refractivity contribution in [1.82, 2.24) is 19.6 Å². The Bertz CT molecular complexity index is 1400. The Morgan fingerprint density at radius 3 is 2.73 bits per heavy atom. The summed E-state index contributed by atoms with van der Waals surface area (Å²) in [4.78, 5) is 19.2. The van der Waals surface area contributed by atoms with Crippen LogP contribution in [0.2, 0.25) is 0 Å². The molecule has 0 bridgehead atoms. The predicted octanol–water partition coefficient (Wildman–Crippen LogP) is 4.45. The normalized spacial score (nSPS) is 17.7. The second-order valence-electron chi connectivity index (χ2n) is 9.61. The highest BCUT2D eigenvalue weighted by Crippen LogP contribution is 2.49. The minimum Gasteiger partial charge on any atom is -0.478 e. The fourth-order valence-electron chi connectivity index (χ4n) is 5.38. The number of aromatic carboxylic acids is 1. The van der Waals surface area contributed by atoms with Crippen molar-refractivity contribution < 1.29 is 9.90 Å². The summed E-state index contributed by atoms with van der Waals surface area (Å²) in [6, 6.07) is 11.0. The third-order valence-electron chi connectivity index (χ3n) is 7.25. The lowest BCUT2D eigenvalue weighted by Crippen LogP contribution is -2.60. The van der Waals surface area contributed by atoms with Gasteiger partial charge >= 0.3 is 5.97 Å². The first-order valence-electron chi connectivity index (χ1n) is 11.4. The average Bonchev–Trinajstić information content (AvgIpc) is 3.22. The molecular weight excluding hydrogens is 416 g/mol. The van der Waals surface area contributed by atoms with Crippen molar-refractivity contribution in [2.45, 2.75) is 39.2 Å². The highest BCUT2D eigenvalue weighted by molar-refractivity contribution is 5.96. The standard InChI is InChI=1S/C25H26N6O2/c1-15-10-18(16(2)27-20-7-4-3-6-17(20)23(32)33)21-19(11-15)22-29-26-14-31(22)24(28-21)30-12-25(13-30)8-5-9-25/h3-4,6-7,10-11,14,16,27H,5,8-9,12-13H2,1-2H3,(H,32,33)/t16-/m1/s1. The zero-order valence-corrected chi connectivity index (χ0v) is 18.7. The average molecular weight is 443 g/mol. The molecule has 2 fully saturated rings. The number of hydrogen-bond donors (Lipinski definition) is 2. The first-order valence-corrected chi connectivity index (χ1v) is 11.4. The molecular formula is C25H26N6O2. The van der Waals surface area contributed by atoms with E-state index in [-0.39, 0.29) is 11.6 Å². The molecule has 4 aromatic rings. The summed E-state index contributed by atoms with van der Waals surface area (Å²) in [6.07, 6.45) is 5.68. The van der Waals surface area contributed by atoms with Gasteiger partial charge in [-0.3, -0.25) is 4.40 Å². The highest BCUT2D eigenvalue weighted by atomic mass is 16.4. The van der Waals surface area contributed by atoms with Crippen molar-refractivity contribution in [3.63, 3.8) is 0 Å². The molecule has 2 aromatic heterocycles. The maximum absolute atomic E-state index is 11.7. The van der Waals surface area contributed by atoms with Crippen LogP contribution in [0, 0.1) is 12.3 Å². The lowest BCUT2D eigenvalue weighted by atomic mass is 9.64. The molecule has 1 aliphatic carbocycles. The van der Waals surface area contributed by atoms with E-state index in [0.717, 1.165) is 46.7 Å². The number of para-hydroxylation sites is 1. The summed E-state index contributed by atoms with van der Waals surface area (Å²) >= 11 is 0. The maximum atomic E-state index is 11.7. The highest BCUT2D eigenvalue weighted by Gasteiger charge is 2.48. The molecule has 8 heteroatoms.